The van der Waals surface area contributed by atoms with Crippen molar-refractivity contribution in [1.29, 1.82) is 0 Å². The number of imidazole rings is 1. The van der Waals surface area contributed by atoms with E-state index in [9.17, 15) is 9.59 Å². The van der Waals surface area contributed by atoms with Crippen LogP contribution in [0.5, 0.6) is 0 Å². The summed E-state index contributed by atoms with van der Waals surface area (Å²) in [6, 6.07) is 14.1. The van der Waals surface area contributed by atoms with E-state index in [4.69, 9.17) is 0 Å². The van der Waals surface area contributed by atoms with Crippen molar-refractivity contribution in [3.05, 3.63) is 88.9 Å². The molecule has 0 bridgehead atoms. The van der Waals surface area contributed by atoms with Crippen LogP contribution < -0.4 is 5.32 Å². The Labute approximate surface area is 171 Å². The van der Waals surface area contributed by atoms with E-state index >= 15 is 0 Å². The zero-order valence-electron chi connectivity index (χ0n) is 15.9. The minimum absolute atomic E-state index is 0.164. The topological polar surface area (TPSA) is 76.9 Å². The number of aryl methyl sites for hydroxylation is 2. The Morgan fingerprint density at radius 1 is 1.00 bits per heavy atom. The molecule has 4 rings (SSSR count). The van der Waals surface area contributed by atoms with Crippen LogP contribution in [-0.2, 0) is 7.05 Å². The zero-order valence-corrected chi connectivity index (χ0v) is 16.7. The van der Waals surface area contributed by atoms with E-state index in [1.54, 1.807) is 71.7 Å². The van der Waals surface area contributed by atoms with Crippen molar-refractivity contribution in [3.63, 3.8) is 0 Å². The maximum Gasteiger partial charge on any atom is 0.255 e. The van der Waals surface area contributed by atoms with E-state index in [1.807, 2.05) is 24.4 Å². The summed E-state index contributed by atoms with van der Waals surface area (Å²) < 4.78 is 1.68. The van der Waals surface area contributed by atoms with Crippen LogP contribution in [0.4, 0.5) is 5.69 Å². The van der Waals surface area contributed by atoms with Gasteiger partial charge in [-0.3, -0.25) is 9.59 Å². The number of nitrogens with zero attached hydrogens (tertiary/aromatic N) is 3. The molecular weight excluding hydrogens is 384 g/mol. The van der Waals surface area contributed by atoms with Crippen molar-refractivity contribution in [2.24, 2.45) is 7.05 Å². The first kappa shape index (κ1) is 18.8. The number of carbonyl (C=O) groups is 2. The van der Waals surface area contributed by atoms with Gasteiger partial charge in [-0.15, -0.1) is 11.3 Å². The number of carbonyl (C=O) groups excluding carboxylic acids is 2. The monoisotopic (exact) mass is 402 g/mol. The summed E-state index contributed by atoms with van der Waals surface area (Å²) in [7, 11) is 1.77. The summed E-state index contributed by atoms with van der Waals surface area (Å²) in [6.45, 7) is 1.96. The summed E-state index contributed by atoms with van der Waals surface area (Å²) in [4.78, 5) is 33.5. The molecule has 2 heterocycles. The first-order chi connectivity index (χ1) is 14.0. The number of anilines is 1. The summed E-state index contributed by atoms with van der Waals surface area (Å²) in [5.74, 6) is -0.00395. The normalized spacial score (nSPS) is 10.7. The molecule has 0 aliphatic heterocycles. The molecule has 1 N–H and O–H groups in total. The van der Waals surface area contributed by atoms with Crippen molar-refractivity contribution in [2.75, 3.05) is 5.32 Å². The van der Waals surface area contributed by atoms with E-state index in [0.717, 1.165) is 16.3 Å². The van der Waals surface area contributed by atoms with Gasteiger partial charge in [0.15, 0.2) is 5.82 Å². The van der Waals surface area contributed by atoms with Crippen LogP contribution in [-0.4, -0.2) is 26.2 Å². The number of ketones is 1. The fourth-order valence-corrected chi connectivity index (χ4v) is 3.68. The van der Waals surface area contributed by atoms with Gasteiger partial charge in [-0.2, -0.15) is 0 Å². The summed E-state index contributed by atoms with van der Waals surface area (Å²) >= 11 is 1.58. The molecule has 2 aromatic carbocycles. The lowest BCUT2D eigenvalue weighted by atomic mass is 10.1. The fraction of sp³-hybridized carbons (Fsp3) is 0.0909. The first-order valence-electron chi connectivity index (χ1n) is 8.97. The lowest BCUT2D eigenvalue weighted by Gasteiger charge is -2.07. The van der Waals surface area contributed by atoms with Crippen molar-refractivity contribution in [3.8, 4) is 10.6 Å². The molecule has 0 aliphatic carbocycles. The largest absolute Gasteiger partial charge is 0.331 e. The maximum atomic E-state index is 12.5. The Morgan fingerprint density at radius 3 is 2.28 bits per heavy atom. The minimum atomic E-state index is -0.213. The molecule has 0 saturated heterocycles. The molecular formula is C22H18N4O2S. The number of thiazole rings is 1. The summed E-state index contributed by atoms with van der Waals surface area (Å²) in [5.41, 5.74) is 3.65. The van der Waals surface area contributed by atoms with Crippen molar-refractivity contribution < 1.29 is 9.59 Å². The number of aromatic nitrogens is 3. The molecule has 0 unspecified atom stereocenters. The van der Waals surface area contributed by atoms with Crippen molar-refractivity contribution >= 4 is 28.7 Å². The number of nitrogens with one attached hydrogen (secondary N) is 1. The molecule has 0 aliphatic rings. The smallest absolute Gasteiger partial charge is 0.255 e. The predicted molar refractivity (Wildman–Crippen MR) is 113 cm³/mol. The second-order valence-corrected chi connectivity index (χ2v) is 7.45. The van der Waals surface area contributed by atoms with E-state index < -0.39 is 0 Å². The number of hydrogen-bond acceptors (Lipinski definition) is 5. The Kier molecular flexibility index (Phi) is 5.05. The number of amides is 1. The Bertz CT molecular complexity index is 1170. The van der Waals surface area contributed by atoms with Gasteiger partial charge < -0.3 is 9.88 Å². The number of benzene rings is 2. The molecule has 0 fully saturated rings. The SMILES string of the molecule is Cc1csc(-c2ccc(C(=O)Nc3ccc(C(=O)c4nccn4C)cc3)cc2)n1. The molecule has 6 nitrogen and oxygen atoms in total. The first-order valence-corrected chi connectivity index (χ1v) is 9.85. The summed E-state index contributed by atoms with van der Waals surface area (Å²) in [6.07, 6.45) is 3.31. The Balaban J connectivity index is 1.44. The van der Waals surface area contributed by atoms with E-state index in [2.05, 4.69) is 15.3 Å². The molecule has 4 aromatic rings. The van der Waals surface area contributed by atoms with Crippen molar-refractivity contribution in [2.45, 2.75) is 6.92 Å². The summed E-state index contributed by atoms with van der Waals surface area (Å²) in [5, 5.41) is 5.78. The van der Waals surface area contributed by atoms with Gasteiger partial charge in [-0.1, -0.05) is 12.1 Å². The third-order valence-electron chi connectivity index (χ3n) is 4.44. The average Bonchev–Trinajstić information content (AvgIpc) is 3.36. The van der Waals surface area contributed by atoms with Crippen LogP contribution >= 0.6 is 11.3 Å². The van der Waals surface area contributed by atoms with Gasteiger partial charge in [-0.05, 0) is 43.3 Å². The van der Waals surface area contributed by atoms with E-state index in [1.165, 1.54) is 0 Å². The van der Waals surface area contributed by atoms with Gasteiger partial charge in [0.25, 0.3) is 5.91 Å². The predicted octanol–water partition coefficient (Wildman–Crippen LogP) is 4.34. The second-order valence-electron chi connectivity index (χ2n) is 6.59. The van der Waals surface area contributed by atoms with Gasteiger partial charge in [0.1, 0.15) is 5.01 Å². The molecule has 144 valence electrons. The maximum absolute atomic E-state index is 12.5. The highest BCUT2D eigenvalue weighted by Gasteiger charge is 2.14. The van der Waals surface area contributed by atoms with Crippen LogP contribution in [0.1, 0.15) is 32.2 Å². The third kappa shape index (κ3) is 4.00. The molecule has 0 spiro atoms. The lowest BCUT2D eigenvalue weighted by Crippen LogP contribution is -2.12. The molecule has 2 aromatic heterocycles. The molecule has 0 radical (unpaired) electrons. The third-order valence-corrected chi connectivity index (χ3v) is 5.45. The molecule has 0 saturated carbocycles. The van der Waals surface area contributed by atoms with Crippen LogP contribution in [0, 0.1) is 6.92 Å². The number of rotatable bonds is 5. The fourth-order valence-electron chi connectivity index (χ4n) is 2.87. The highest BCUT2D eigenvalue weighted by Crippen LogP contribution is 2.24. The minimum Gasteiger partial charge on any atom is -0.331 e. The quantitative estimate of drug-likeness (QED) is 0.504. The molecule has 29 heavy (non-hydrogen) atoms. The molecule has 7 heteroatoms. The van der Waals surface area contributed by atoms with Gasteiger partial charge in [0.2, 0.25) is 5.78 Å². The molecule has 1 amide bonds. The highest BCUT2D eigenvalue weighted by molar-refractivity contribution is 7.13. The standard InChI is InChI=1S/C22H18N4O2S/c1-14-13-29-22(24-14)17-5-3-16(4-6-17)21(28)25-18-9-7-15(8-10-18)19(27)20-23-11-12-26(20)2/h3-13H,1-2H3,(H,25,28). The van der Waals surface area contributed by atoms with E-state index in [0.29, 0.717) is 22.6 Å². The zero-order chi connectivity index (χ0) is 20.4. The second kappa shape index (κ2) is 7.81. The molecule has 0 atom stereocenters. The van der Waals surface area contributed by atoms with Gasteiger partial charge in [-0.25, -0.2) is 9.97 Å². The van der Waals surface area contributed by atoms with Crippen LogP contribution in [0.2, 0.25) is 0 Å². The van der Waals surface area contributed by atoms with Gasteiger partial charge >= 0.3 is 0 Å². The lowest BCUT2D eigenvalue weighted by molar-refractivity contribution is 0.102. The Morgan fingerprint density at radius 2 is 1.69 bits per heavy atom. The van der Waals surface area contributed by atoms with Crippen LogP contribution in [0.25, 0.3) is 10.6 Å². The average molecular weight is 402 g/mol. The highest BCUT2D eigenvalue weighted by atomic mass is 32.1. The van der Waals surface area contributed by atoms with Crippen LogP contribution in [0.15, 0.2) is 66.3 Å². The van der Waals surface area contributed by atoms with E-state index in [-0.39, 0.29) is 11.7 Å². The van der Waals surface area contributed by atoms with Crippen molar-refractivity contribution in [1.82, 2.24) is 14.5 Å². The van der Waals surface area contributed by atoms with Crippen LogP contribution in [0.3, 0.4) is 0 Å². The number of hydrogen-bond donors (Lipinski definition) is 1. The Hall–Kier alpha value is -3.58. The van der Waals surface area contributed by atoms with Gasteiger partial charge in [0, 0.05) is 52.9 Å². The van der Waals surface area contributed by atoms with Gasteiger partial charge in [0.05, 0.1) is 0 Å².